The van der Waals surface area contributed by atoms with Crippen LogP contribution in [0, 0.1) is 6.92 Å². The zero-order valence-corrected chi connectivity index (χ0v) is 27.5. The molecular formula is C30H33ClF3N5O7S. The zero-order chi connectivity index (χ0) is 34.5. The van der Waals surface area contributed by atoms with E-state index in [9.17, 15) is 36.3 Å². The fourth-order valence-corrected chi connectivity index (χ4v) is 6.34. The van der Waals surface area contributed by atoms with Crippen molar-refractivity contribution in [3.8, 4) is 0 Å². The van der Waals surface area contributed by atoms with Crippen LogP contribution < -0.4 is 10.2 Å². The summed E-state index contributed by atoms with van der Waals surface area (Å²) >= 11 is 6.03. The average Bonchev–Trinajstić information content (AvgIpc) is 3.52. The summed E-state index contributed by atoms with van der Waals surface area (Å²) in [7, 11) is -6.17. The number of nitrogens with one attached hydrogen (secondary N) is 1. The number of amides is 1. The minimum atomic E-state index is -6.17. The number of ether oxygens (including phenoxy) is 2. The van der Waals surface area contributed by atoms with E-state index in [1.54, 1.807) is 52.0 Å². The molecule has 47 heavy (non-hydrogen) atoms. The van der Waals surface area contributed by atoms with Crippen LogP contribution in [0.15, 0.2) is 42.1 Å². The second kappa shape index (κ2) is 12.6. The van der Waals surface area contributed by atoms with Crippen LogP contribution in [-0.4, -0.2) is 89.9 Å². The van der Waals surface area contributed by atoms with Crippen molar-refractivity contribution in [2.45, 2.75) is 44.9 Å². The average molecular weight is 700 g/mol. The minimum absolute atomic E-state index is 0.187. The predicted molar refractivity (Wildman–Crippen MR) is 167 cm³/mol. The number of morpholine rings is 1. The second-order valence-electron chi connectivity index (χ2n) is 12.0. The summed E-state index contributed by atoms with van der Waals surface area (Å²) in [6.07, 6.45) is -2.27. The van der Waals surface area contributed by atoms with Gasteiger partial charge in [-0.3, -0.25) is 4.79 Å². The summed E-state index contributed by atoms with van der Waals surface area (Å²) in [4.78, 5) is 34.1. The number of aromatic nitrogens is 2. The number of hydrogen-bond donors (Lipinski definition) is 2. The SMILES string of the molecule is Cc1cc(N2CCOCC2)cc2c1nc(C1=C(NCC(O)c3cccc(Cl)c3)CN(S(=O)(=O)C(F)(F)F)C1=O)n2C(=O)OC(C)(C)C. The van der Waals surface area contributed by atoms with Crippen LogP contribution in [0.1, 0.15) is 43.8 Å². The number of aryl methyl sites for hydroxylation is 1. The quantitative estimate of drug-likeness (QED) is 0.366. The third-order valence-electron chi connectivity index (χ3n) is 7.48. The summed E-state index contributed by atoms with van der Waals surface area (Å²) in [5.74, 6) is -1.99. The van der Waals surface area contributed by atoms with Gasteiger partial charge in [0.25, 0.3) is 5.91 Å². The molecule has 12 nitrogen and oxygen atoms in total. The fraction of sp³-hybridized carbons (Fsp3) is 0.433. The molecule has 0 saturated carbocycles. The van der Waals surface area contributed by atoms with E-state index in [1.165, 1.54) is 6.07 Å². The summed E-state index contributed by atoms with van der Waals surface area (Å²) < 4.78 is 78.1. The standard InChI is InChI=1S/C30H33ClF3N5O7S/c1-17-12-20(37-8-10-45-11-9-37)14-22-25(17)36-26(39(22)28(42)46-29(2,3)4)24-21(16-38(27(24)41)47(43,44)30(32,33)34)35-15-23(40)18-6-5-7-19(31)13-18/h5-7,12-14,23,35,40H,8-11,15-16H2,1-4H3. The maximum absolute atomic E-state index is 13.8. The van der Waals surface area contributed by atoms with Crippen LogP contribution in [0.2, 0.25) is 5.02 Å². The Morgan fingerprint density at radius 3 is 2.47 bits per heavy atom. The molecule has 3 heterocycles. The Hall–Kier alpha value is -3.86. The fourth-order valence-electron chi connectivity index (χ4n) is 5.29. The number of nitrogens with zero attached hydrogens (tertiary/aromatic N) is 4. The third-order valence-corrected chi connectivity index (χ3v) is 9.18. The van der Waals surface area contributed by atoms with Gasteiger partial charge in [0, 0.05) is 36.0 Å². The van der Waals surface area contributed by atoms with E-state index in [0.717, 1.165) is 4.57 Å². The van der Waals surface area contributed by atoms with Crippen LogP contribution >= 0.6 is 11.6 Å². The molecule has 1 atom stereocenters. The molecule has 0 spiro atoms. The zero-order valence-electron chi connectivity index (χ0n) is 25.9. The molecule has 0 bridgehead atoms. The van der Waals surface area contributed by atoms with Gasteiger partial charge in [-0.25, -0.2) is 18.7 Å². The number of carbonyl (C=O) groups is 2. The number of imidazole rings is 1. The number of halogens is 4. The van der Waals surface area contributed by atoms with Crippen LogP contribution in [-0.2, 0) is 24.3 Å². The normalized spacial score (nSPS) is 17.1. The Morgan fingerprint density at radius 2 is 1.85 bits per heavy atom. The summed E-state index contributed by atoms with van der Waals surface area (Å²) in [6, 6.07) is 9.66. The highest BCUT2D eigenvalue weighted by atomic mass is 35.5. The summed E-state index contributed by atoms with van der Waals surface area (Å²) in [5, 5.41) is 13.9. The molecular weight excluding hydrogens is 667 g/mol. The van der Waals surface area contributed by atoms with E-state index in [1.807, 2.05) is 11.0 Å². The van der Waals surface area contributed by atoms with Crippen molar-refractivity contribution in [1.29, 1.82) is 0 Å². The first-order valence-electron chi connectivity index (χ1n) is 14.5. The van der Waals surface area contributed by atoms with Crippen molar-refractivity contribution < 1.29 is 45.8 Å². The largest absolute Gasteiger partial charge is 0.516 e. The molecule has 0 aliphatic carbocycles. The molecule has 2 aromatic carbocycles. The van der Waals surface area contributed by atoms with Gasteiger partial charge in [0.05, 0.1) is 36.9 Å². The molecule has 1 aromatic heterocycles. The molecule has 254 valence electrons. The van der Waals surface area contributed by atoms with Crippen LogP contribution in [0.5, 0.6) is 0 Å². The highest BCUT2D eigenvalue weighted by molar-refractivity contribution is 7.90. The molecule has 1 unspecified atom stereocenters. The van der Waals surface area contributed by atoms with Crippen molar-refractivity contribution in [3.63, 3.8) is 0 Å². The molecule has 1 saturated heterocycles. The van der Waals surface area contributed by atoms with Crippen molar-refractivity contribution in [2.75, 3.05) is 44.3 Å². The molecule has 3 aromatic rings. The number of aliphatic hydroxyl groups is 1. The first kappa shape index (κ1) is 34.5. The minimum Gasteiger partial charge on any atom is -0.443 e. The molecule has 1 fully saturated rings. The van der Waals surface area contributed by atoms with Crippen LogP contribution in [0.3, 0.4) is 0 Å². The number of fused-ring (bicyclic) bond motifs is 1. The lowest BCUT2D eigenvalue weighted by Crippen LogP contribution is -2.43. The Labute approximate surface area is 273 Å². The van der Waals surface area contributed by atoms with Crippen LogP contribution in [0.4, 0.5) is 23.7 Å². The van der Waals surface area contributed by atoms with Gasteiger partial charge in [-0.15, -0.1) is 0 Å². The van der Waals surface area contributed by atoms with Gasteiger partial charge < -0.3 is 24.8 Å². The molecule has 0 radical (unpaired) electrons. The predicted octanol–water partition coefficient (Wildman–Crippen LogP) is 4.34. The van der Waals surface area contributed by atoms with Gasteiger partial charge in [-0.1, -0.05) is 23.7 Å². The van der Waals surface area contributed by atoms with Gasteiger partial charge in [0.2, 0.25) is 0 Å². The lowest BCUT2D eigenvalue weighted by Gasteiger charge is -2.29. The van der Waals surface area contributed by atoms with E-state index in [0.29, 0.717) is 48.1 Å². The van der Waals surface area contributed by atoms with Crippen molar-refractivity contribution in [3.05, 3.63) is 64.1 Å². The lowest BCUT2D eigenvalue weighted by molar-refractivity contribution is -0.121. The van der Waals surface area contributed by atoms with E-state index >= 15 is 0 Å². The summed E-state index contributed by atoms with van der Waals surface area (Å²) in [5.41, 5.74) is -5.72. The molecule has 2 aliphatic heterocycles. The molecule has 2 aliphatic rings. The number of benzene rings is 2. The van der Waals surface area contributed by atoms with Gasteiger partial charge in [-0.05, 0) is 63.1 Å². The number of sulfonamides is 1. The van der Waals surface area contributed by atoms with Gasteiger partial charge >= 0.3 is 21.6 Å². The Morgan fingerprint density at radius 1 is 1.17 bits per heavy atom. The molecule has 17 heteroatoms. The number of anilines is 1. The van der Waals surface area contributed by atoms with E-state index in [2.05, 4.69) is 10.3 Å². The number of carbonyl (C=O) groups excluding carboxylic acids is 2. The highest BCUT2D eigenvalue weighted by Crippen LogP contribution is 2.37. The third kappa shape index (κ3) is 6.91. The summed E-state index contributed by atoms with van der Waals surface area (Å²) in [6.45, 7) is 7.15. The molecule has 1 amide bonds. The smallest absolute Gasteiger partial charge is 0.443 e. The van der Waals surface area contributed by atoms with E-state index in [-0.39, 0.29) is 27.6 Å². The Bertz CT molecular complexity index is 1870. The first-order valence-corrected chi connectivity index (χ1v) is 16.3. The first-order chi connectivity index (χ1) is 21.9. The van der Waals surface area contributed by atoms with Gasteiger partial charge in [0.15, 0.2) is 5.82 Å². The maximum Gasteiger partial charge on any atom is 0.516 e. The number of aliphatic hydroxyl groups excluding tert-OH is 1. The topological polar surface area (TPSA) is 143 Å². The number of hydrogen-bond acceptors (Lipinski definition) is 10. The van der Waals surface area contributed by atoms with E-state index < -0.39 is 57.2 Å². The van der Waals surface area contributed by atoms with Crippen molar-refractivity contribution in [2.24, 2.45) is 0 Å². The lowest BCUT2D eigenvalue weighted by atomic mass is 10.1. The maximum atomic E-state index is 13.8. The van der Waals surface area contributed by atoms with Gasteiger partial charge in [-0.2, -0.15) is 21.6 Å². The molecule has 5 rings (SSSR count). The highest BCUT2D eigenvalue weighted by Gasteiger charge is 2.55. The second-order valence-corrected chi connectivity index (χ2v) is 14.3. The van der Waals surface area contributed by atoms with E-state index in [4.69, 9.17) is 21.1 Å². The van der Waals surface area contributed by atoms with Crippen molar-refractivity contribution in [1.82, 2.24) is 19.2 Å². The Balaban J connectivity index is 1.69. The number of alkyl halides is 3. The van der Waals surface area contributed by atoms with Gasteiger partial charge in [0.1, 0.15) is 11.2 Å². The van der Waals surface area contributed by atoms with Crippen LogP contribution in [0.25, 0.3) is 16.6 Å². The van der Waals surface area contributed by atoms with Crippen molar-refractivity contribution >= 4 is 55.9 Å². The number of rotatable bonds is 7. The molecule has 2 N–H and O–H groups in total. The Kier molecular flexibility index (Phi) is 9.27. The monoisotopic (exact) mass is 699 g/mol.